The van der Waals surface area contributed by atoms with Gasteiger partial charge in [-0.25, -0.2) is 4.79 Å². The third-order valence-corrected chi connectivity index (χ3v) is 4.47. The number of methoxy groups -OCH3 is 1. The summed E-state index contributed by atoms with van der Waals surface area (Å²) in [5, 5.41) is 1.55. The van der Waals surface area contributed by atoms with Crippen molar-refractivity contribution in [3.05, 3.63) is 75.1 Å². The molecule has 0 bridgehead atoms. The molecule has 0 radical (unpaired) electrons. The highest BCUT2D eigenvalue weighted by atomic mass is 16.5. The molecule has 25 heavy (non-hydrogen) atoms. The topological polar surface area (TPSA) is 79.9 Å². The Bertz CT molecular complexity index is 1180. The van der Waals surface area contributed by atoms with E-state index in [0.717, 1.165) is 22.2 Å². The Labute approximate surface area is 142 Å². The molecular formula is C19H17N3O3. The van der Waals surface area contributed by atoms with Crippen molar-refractivity contribution in [2.24, 2.45) is 0 Å². The van der Waals surface area contributed by atoms with Crippen molar-refractivity contribution in [3.8, 4) is 5.75 Å². The average molecular weight is 335 g/mol. The Balaban J connectivity index is 1.71. The summed E-state index contributed by atoms with van der Waals surface area (Å²) in [7, 11) is 1.63. The number of aromatic nitrogens is 3. The van der Waals surface area contributed by atoms with Crippen LogP contribution in [-0.2, 0) is 13.0 Å². The average Bonchev–Trinajstić information content (AvgIpc) is 3.03. The van der Waals surface area contributed by atoms with Gasteiger partial charge in [-0.2, -0.15) is 0 Å². The second-order valence-corrected chi connectivity index (χ2v) is 5.91. The fourth-order valence-electron chi connectivity index (χ4n) is 3.13. The number of H-pyrrole nitrogens is 2. The maximum atomic E-state index is 12.6. The zero-order valence-electron chi connectivity index (χ0n) is 13.7. The number of aryl methyl sites for hydroxylation is 1. The number of rotatable bonds is 4. The zero-order chi connectivity index (χ0) is 17.4. The van der Waals surface area contributed by atoms with Crippen LogP contribution in [0.1, 0.15) is 5.56 Å². The van der Waals surface area contributed by atoms with E-state index in [1.165, 1.54) is 4.57 Å². The lowest BCUT2D eigenvalue weighted by Crippen LogP contribution is -2.35. The first-order valence-electron chi connectivity index (χ1n) is 8.03. The Morgan fingerprint density at radius 2 is 1.88 bits per heavy atom. The van der Waals surface area contributed by atoms with Crippen molar-refractivity contribution in [2.75, 3.05) is 7.11 Å². The lowest BCUT2D eigenvalue weighted by atomic mass is 10.1. The SMILES string of the molecule is COc1ccc2[nH]cc(CCn3c(=O)[nH]c4ccccc4c3=O)c2c1. The van der Waals surface area contributed by atoms with Crippen LogP contribution in [-0.4, -0.2) is 21.6 Å². The lowest BCUT2D eigenvalue weighted by molar-refractivity contribution is 0.415. The van der Waals surface area contributed by atoms with Crippen molar-refractivity contribution in [1.29, 1.82) is 0 Å². The van der Waals surface area contributed by atoms with Gasteiger partial charge in [0.05, 0.1) is 18.0 Å². The molecule has 2 heterocycles. The first-order chi connectivity index (χ1) is 12.2. The van der Waals surface area contributed by atoms with Gasteiger partial charge in [-0.1, -0.05) is 12.1 Å². The summed E-state index contributed by atoms with van der Waals surface area (Å²) in [5.41, 5.74) is 1.94. The second-order valence-electron chi connectivity index (χ2n) is 5.91. The molecule has 2 aromatic carbocycles. The van der Waals surface area contributed by atoms with Gasteiger partial charge in [-0.05, 0) is 42.3 Å². The van der Waals surface area contributed by atoms with E-state index in [4.69, 9.17) is 4.74 Å². The molecule has 2 N–H and O–H groups in total. The first-order valence-corrected chi connectivity index (χ1v) is 8.03. The van der Waals surface area contributed by atoms with Gasteiger partial charge in [-0.15, -0.1) is 0 Å². The third-order valence-electron chi connectivity index (χ3n) is 4.47. The van der Waals surface area contributed by atoms with Crippen molar-refractivity contribution >= 4 is 21.8 Å². The minimum Gasteiger partial charge on any atom is -0.497 e. The number of fused-ring (bicyclic) bond motifs is 2. The molecule has 0 amide bonds. The molecule has 0 aliphatic rings. The maximum Gasteiger partial charge on any atom is 0.328 e. The summed E-state index contributed by atoms with van der Waals surface area (Å²) < 4.78 is 6.52. The minimum atomic E-state index is -0.388. The number of ether oxygens (including phenoxy) is 1. The van der Waals surface area contributed by atoms with Crippen LogP contribution >= 0.6 is 0 Å². The van der Waals surface area contributed by atoms with Crippen LogP contribution in [0.2, 0.25) is 0 Å². The smallest absolute Gasteiger partial charge is 0.328 e. The molecule has 2 aromatic heterocycles. The van der Waals surface area contributed by atoms with Gasteiger partial charge in [0.15, 0.2) is 0 Å². The number of hydrogen-bond acceptors (Lipinski definition) is 3. The van der Waals surface area contributed by atoms with Crippen molar-refractivity contribution in [3.63, 3.8) is 0 Å². The van der Waals surface area contributed by atoms with Crippen LogP contribution in [0.15, 0.2) is 58.3 Å². The quantitative estimate of drug-likeness (QED) is 0.601. The summed E-state index contributed by atoms with van der Waals surface area (Å²) in [4.78, 5) is 30.8. The predicted molar refractivity (Wildman–Crippen MR) is 97.4 cm³/mol. The number of para-hydroxylation sites is 1. The van der Waals surface area contributed by atoms with E-state index in [0.29, 0.717) is 23.9 Å². The van der Waals surface area contributed by atoms with Gasteiger partial charge in [0.2, 0.25) is 0 Å². The molecule has 0 aliphatic carbocycles. The van der Waals surface area contributed by atoms with Crippen molar-refractivity contribution < 1.29 is 4.74 Å². The fourth-order valence-corrected chi connectivity index (χ4v) is 3.13. The Morgan fingerprint density at radius 1 is 1.04 bits per heavy atom. The highest BCUT2D eigenvalue weighted by Gasteiger charge is 2.10. The highest BCUT2D eigenvalue weighted by Crippen LogP contribution is 2.24. The molecule has 6 nitrogen and oxygen atoms in total. The number of nitrogens with one attached hydrogen (secondary N) is 2. The van der Waals surface area contributed by atoms with E-state index in [-0.39, 0.29) is 11.2 Å². The molecule has 0 saturated heterocycles. The molecule has 0 saturated carbocycles. The molecule has 0 fully saturated rings. The Morgan fingerprint density at radius 3 is 2.72 bits per heavy atom. The summed E-state index contributed by atoms with van der Waals surface area (Å²) in [6.45, 7) is 0.309. The summed E-state index contributed by atoms with van der Waals surface area (Å²) in [6.07, 6.45) is 2.47. The Hall–Kier alpha value is -3.28. The van der Waals surface area contributed by atoms with Gasteiger partial charge in [0, 0.05) is 23.6 Å². The van der Waals surface area contributed by atoms with E-state index in [1.807, 2.05) is 24.4 Å². The van der Waals surface area contributed by atoms with Crippen LogP contribution in [0, 0.1) is 0 Å². The molecule has 126 valence electrons. The Kier molecular flexibility index (Phi) is 3.65. The van der Waals surface area contributed by atoms with Crippen LogP contribution in [0.25, 0.3) is 21.8 Å². The van der Waals surface area contributed by atoms with Gasteiger partial charge in [0.1, 0.15) is 5.75 Å². The summed E-state index contributed by atoms with van der Waals surface area (Å²) in [5.74, 6) is 0.772. The number of nitrogens with zero attached hydrogens (tertiary/aromatic N) is 1. The molecule has 6 heteroatoms. The fraction of sp³-hybridized carbons (Fsp3) is 0.158. The van der Waals surface area contributed by atoms with E-state index in [2.05, 4.69) is 9.97 Å². The number of hydrogen-bond donors (Lipinski definition) is 2. The van der Waals surface area contributed by atoms with Crippen LogP contribution in [0.3, 0.4) is 0 Å². The molecule has 0 atom stereocenters. The first kappa shape index (κ1) is 15.3. The van der Waals surface area contributed by atoms with Crippen molar-refractivity contribution in [2.45, 2.75) is 13.0 Å². The van der Waals surface area contributed by atoms with Crippen LogP contribution in [0.5, 0.6) is 5.75 Å². The molecule has 0 spiro atoms. The number of aromatic amines is 2. The third kappa shape index (κ3) is 2.61. The molecule has 4 aromatic rings. The highest BCUT2D eigenvalue weighted by molar-refractivity contribution is 5.84. The van der Waals surface area contributed by atoms with E-state index in [9.17, 15) is 9.59 Å². The van der Waals surface area contributed by atoms with Gasteiger partial charge >= 0.3 is 5.69 Å². The van der Waals surface area contributed by atoms with Gasteiger partial charge in [0.25, 0.3) is 5.56 Å². The van der Waals surface area contributed by atoms with E-state index in [1.54, 1.807) is 31.4 Å². The van der Waals surface area contributed by atoms with Gasteiger partial charge in [-0.3, -0.25) is 9.36 Å². The van der Waals surface area contributed by atoms with Crippen LogP contribution < -0.4 is 16.0 Å². The maximum absolute atomic E-state index is 12.6. The minimum absolute atomic E-state index is 0.267. The lowest BCUT2D eigenvalue weighted by Gasteiger charge is -2.06. The zero-order valence-corrected chi connectivity index (χ0v) is 13.7. The molecule has 0 unspecified atom stereocenters. The van der Waals surface area contributed by atoms with Gasteiger partial charge < -0.3 is 14.7 Å². The van der Waals surface area contributed by atoms with Crippen molar-refractivity contribution in [1.82, 2.24) is 14.5 Å². The van der Waals surface area contributed by atoms with E-state index < -0.39 is 0 Å². The van der Waals surface area contributed by atoms with Crippen LogP contribution in [0.4, 0.5) is 0 Å². The molecule has 0 aliphatic heterocycles. The largest absolute Gasteiger partial charge is 0.497 e. The summed E-state index contributed by atoms with van der Waals surface area (Å²) >= 11 is 0. The number of benzene rings is 2. The standard InChI is InChI=1S/C19H17N3O3/c1-25-13-6-7-16-15(10-13)12(11-20-16)8-9-22-18(23)14-4-2-3-5-17(14)21-19(22)24/h2-7,10-11,20H,8-9H2,1H3,(H,21,24). The molecule has 4 rings (SSSR count). The second kappa shape index (κ2) is 5.98. The van der Waals surface area contributed by atoms with E-state index >= 15 is 0 Å². The normalized spacial score (nSPS) is 11.2. The summed E-state index contributed by atoms with van der Waals surface area (Å²) in [6, 6.07) is 12.8. The monoisotopic (exact) mass is 335 g/mol. The predicted octanol–water partition coefficient (Wildman–Crippen LogP) is 2.42. The molecular weight excluding hydrogens is 318 g/mol.